The van der Waals surface area contributed by atoms with Crippen molar-refractivity contribution in [2.45, 2.75) is 0 Å². The summed E-state index contributed by atoms with van der Waals surface area (Å²) >= 11 is 0. The summed E-state index contributed by atoms with van der Waals surface area (Å²) in [6.07, 6.45) is 0. The molecule has 1 aromatic carbocycles. The molecule has 0 N–H and O–H groups in total. The van der Waals surface area contributed by atoms with Crippen LogP contribution in [0, 0.1) is 0 Å². The van der Waals surface area contributed by atoms with Gasteiger partial charge in [-0.25, -0.2) is 0 Å². The van der Waals surface area contributed by atoms with Crippen LogP contribution in [0.5, 0.6) is 0 Å². The maximum atomic E-state index is 4.23. The van der Waals surface area contributed by atoms with Crippen molar-refractivity contribution in [3.05, 3.63) is 29.9 Å². The Balaban J connectivity index is 3.06. The number of benzene rings is 1. The number of rotatable bonds is 0. The molecule has 1 heterocycles. The molecule has 0 bridgehead atoms. The van der Waals surface area contributed by atoms with Crippen molar-refractivity contribution in [3.8, 4) is 0 Å². The van der Waals surface area contributed by atoms with E-state index in [2.05, 4.69) is 26.3 Å². The van der Waals surface area contributed by atoms with Gasteiger partial charge in [0.2, 0.25) is 5.62 Å². The zero-order chi connectivity index (χ0) is 9.42. The first-order chi connectivity index (χ1) is 6.25. The molecule has 0 saturated heterocycles. The monoisotopic (exact) mass is 175 g/mol. The van der Waals surface area contributed by atoms with Crippen LogP contribution in [-0.4, -0.2) is 16.2 Å². The van der Waals surface area contributed by atoms with Crippen LogP contribution in [0.25, 0.3) is 11.0 Å². The SMILES string of the molecule is CN=c1n(C)c2ccccc2n1C. The first kappa shape index (κ1) is 8.10. The number of hydrogen-bond acceptors (Lipinski definition) is 1. The molecule has 3 heteroatoms. The van der Waals surface area contributed by atoms with Crippen molar-refractivity contribution in [2.75, 3.05) is 7.05 Å². The van der Waals surface area contributed by atoms with Crippen LogP contribution in [0.3, 0.4) is 0 Å². The molecule has 68 valence electrons. The number of para-hydroxylation sites is 2. The lowest BCUT2D eigenvalue weighted by Gasteiger charge is -1.91. The van der Waals surface area contributed by atoms with E-state index in [1.807, 2.05) is 33.3 Å². The van der Waals surface area contributed by atoms with Gasteiger partial charge in [-0.05, 0) is 12.1 Å². The molecular formula is C10H13N3. The van der Waals surface area contributed by atoms with Gasteiger partial charge in [0, 0.05) is 21.1 Å². The quantitative estimate of drug-likeness (QED) is 0.571. The van der Waals surface area contributed by atoms with E-state index in [0.717, 1.165) is 5.62 Å². The molecule has 0 aliphatic heterocycles. The first-order valence-electron chi connectivity index (χ1n) is 4.29. The van der Waals surface area contributed by atoms with Crippen molar-refractivity contribution in [3.63, 3.8) is 0 Å². The van der Waals surface area contributed by atoms with Gasteiger partial charge >= 0.3 is 0 Å². The smallest absolute Gasteiger partial charge is 0.205 e. The van der Waals surface area contributed by atoms with Gasteiger partial charge in [-0.15, -0.1) is 0 Å². The van der Waals surface area contributed by atoms with Crippen LogP contribution in [-0.2, 0) is 14.1 Å². The molecule has 13 heavy (non-hydrogen) atoms. The van der Waals surface area contributed by atoms with Gasteiger partial charge in [-0.2, -0.15) is 0 Å². The van der Waals surface area contributed by atoms with Crippen LogP contribution in [0.15, 0.2) is 29.3 Å². The summed E-state index contributed by atoms with van der Waals surface area (Å²) in [5.74, 6) is 0. The molecule has 0 radical (unpaired) electrons. The van der Waals surface area contributed by atoms with E-state index >= 15 is 0 Å². The van der Waals surface area contributed by atoms with Crippen LogP contribution in [0.2, 0.25) is 0 Å². The van der Waals surface area contributed by atoms with E-state index in [-0.39, 0.29) is 0 Å². The van der Waals surface area contributed by atoms with Gasteiger partial charge in [0.05, 0.1) is 11.0 Å². The van der Waals surface area contributed by atoms with Gasteiger partial charge in [0.1, 0.15) is 0 Å². The second kappa shape index (κ2) is 2.76. The minimum Gasteiger partial charge on any atom is -0.313 e. The largest absolute Gasteiger partial charge is 0.313 e. The third-order valence-corrected chi connectivity index (χ3v) is 2.40. The zero-order valence-electron chi connectivity index (χ0n) is 8.15. The number of hydrogen-bond donors (Lipinski definition) is 0. The van der Waals surface area contributed by atoms with Crippen LogP contribution >= 0.6 is 0 Å². The van der Waals surface area contributed by atoms with Crippen LogP contribution in [0.4, 0.5) is 0 Å². The van der Waals surface area contributed by atoms with E-state index in [4.69, 9.17) is 0 Å². The molecule has 0 saturated carbocycles. The number of aromatic nitrogens is 2. The predicted octanol–water partition coefficient (Wildman–Crippen LogP) is 1.05. The molecule has 0 aliphatic carbocycles. The predicted molar refractivity (Wildman–Crippen MR) is 53.4 cm³/mol. The molecule has 0 unspecified atom stereocenters. The number of imidazole rings is 1. The standard InChI is InChI=1S/C10H13N3/c1-11-10-12(2)8-6-4-5-7-9(8)13(10)3/h4-7H,1-3H3. The average molecular weight is 175 g/mol. The number of fused-ring (bicyclic) bond motifs is 1. The highest BCUT2D eigenvalue weighted by Crippen LogP contribution is 2.09. The topological polar surface area (TPSA) is 22.2 Å². The number of aryl methyl sites for hydroxylation is 2. The summed E-state index contributed by atoms with van der Waals surface area (Å²) in [7, 11) is 5.88. The summed E-state index contributed by atoms with van der Waals surface area (Å²) in [5.41, 5.74) is 3.41. The van der Waals surface area contributed by atoms with Crippen molar-refractivity contribution in [2.24, 2.45) is 19.1 Å². The Labute approximate surface area is 77.0 Å². The molecule has 0 spiro atoms. The van der Waals surface area contributed by atoms with E-state index < -0.39 is 0 Å². The molecular weight excluding hydrogens is 162 g/mol. The number of nitrogens with zero attached hydrogens (tertiary/aromatic N) is 3. The highest BCUT2D eigenvalue weighted by molar-refractivity contribution is 5.75. The molecule has 3 nitrogen and oxygen atoms in total. The van der Waals surface area contributed by atoms with E-state index in [9.17, 15) is 0 Å². The fourth-order valence-electron chi connectivity index (χ4n) is 1.77. The minimum atomic E-state index is 0.987. The lowest BCUT2D eigenvalue weighted by atomic mass is 10.3. The highest BCUT2D eigenvalue weighted by Gasteiger charge is 2.02. The summed E-state index contributed by atoms with van der Waals surface area (Å²) in [5, 5.41) is 0. The summed E-state index contributed by atoms with van der Waals surface area (Å²) in [6.45, 7) is 0. The van der Waals surface area contributed by atoms with Crippen molar-refractivity contribution in [1.29, 1.82) is 0 Å². The van der Waals surface area contributed by atoms with Crippen LogP contribution in [0.1, 0.15) is 0 Å². The van der Waals surface area contributed by atoms with Crippen molar-refractivity contribution >= 4 is 11.0 Å². The maximum absolute atomic E-state index is 4.23. The average Bonchev–Trinajstić information content (AvgIpc) is 2.41. The minimum absolute atomic E-state index is 0.987. The third-order valence-electron chi connectivity index (χ3n) is 2.40. The second-order valence-electron chi connectivity index (χ2n) is 3.13. The Kier molecular flexibility index (Phi) is 1.72. The summed E-state index contributed by atoms with van der Waals surface area (Å²) in [4.78, 5) is 4.23. The lowest BCUT2D eigenvalue weighted by Crippen LogP contribution is -2.21. The van der Waals surface area contributed by atoms with Crippen LogP contribution < -0.4 is 5.62 Å². The lowest BCUT2D eigenvalue weighted by molar-refractivity contribution is 0.756. The Morgan fingerprint density at radius 1 is 1.00 bits per heavy atom. The Morgan fingerprint density at radius 2 is 1.46 bits per heavy atom. The second-order valence-corrected chi connectivity index (χ2v) is 3.13. The first-order valence-corrected chi connectivity index (χ1v) is 4.29. The molecule has 0 aliphatic rings. The Morgan fingerprint density at radius 3 is 1.85 bits per heavy atom. The normalized spacial score (nSPS) is 10.7. The third kappa shape index (κ3) is 1.00. The molecule has 0 fully saturated rings. The van der Waals surface area contributed by atoms with Crippen molar-refractivity contribution in [1.82, 2.24) is 9.13 Å². The fourth-order valence-corrected chi connectivity index (χ4v) is 1.77. The highest BCUT2D eigenvalue weighted by atomic mass is 15.2. The van der Waals surface area contributed by atoms with E-state index in [1.54, 1.807) is 0 Å². The zero-order valence-corrected chi connectivity index (χ0v) is 8.15. The van der Waals surface area contributed by atoms with Gasteiger partial charge < -0.3 is 9.13 Å². The van der Waals surface area contributed by atoms with E-state index in [1.165, 1.54) is 11.0 Å². The van der Waals surface area contributed by atoms with Gasteiger partial charge in [-0.3, -0.25) is 4.99 Å². The Hall–Kier alpha value is -1.51. The summed E-state index contributed by atoms with van der Waals surface area (Å²) in [6, 6.07) is 8.29. The molecule has 0 atom stereocenters. The summed E-state index contributed by atoms with van der Waals surface area (Å²) < 4.78 is 4.19. The fraction of sp³-hybridized carbons (Fsp3) is 0.300. The van der Waals surface area contributed by atoms with E-state index in [0.29, 0.717) is 0 Å². The van der Waals surface area contributed by atoms with Crippen molar-refractivity contribution < 1.29 is 0 Å². The molecule has 2 rings (SSSR count). The van der Waals surface area contributed by atoms with Gasteiger partial charge in [0.15, 0.2) is 0 Å². The van der Waals surface area contributed by atoms with Gasteiger partial charge in [-0.1, -0.05) is 12.1 Å². The molecule has 1 aromatic heterocycles. The van der Waals surface area contributed by atoms with Gasteiger partial charge in [0.25, 0.3) is 0 Å². The maximum Gasteiger partial charge on any atom is 0.205 e. The molecule has 2 aromatic rings. The Bertz CT molecular complexity index is 460. The molecule has 0 amide bonds.